The average Bonchev–Trinajstić information content (AvgIpc) is 2.42. The summed E-state index contributed by atoms with van der Waals surface area (Å²) in [6, 6.07) is 0. The lowest BCUT2D eigenvalue weighted by Gasteiger charge is -2.17. The summed E-state index contributed by atoms with van der Waals surface area (Å²) in [5, 5.41) is 0. The number of hydrogen-bond acceptors (Lipinski definition) is 2. The maximum Gasteiger partial charge on any atom is 0.402 e. The van der Waals surface area contributed by atoms with Gasteiger partial charge in [0.1, 0.15) is 0 Å². The molecule has 0 rings (SSSR count). The number of carbonyl (C=O) groups is 1. The van der Waals surface area contributed by atoms with Crippen molar-refractivity contribution in [2.75, 3.05) is 7.11 Å². The van der Waals surface area contributed by atoms with Crippen molar-refractivity contribution in [2.24, 2.45) is 5.92 Å². The zero-order chi connectivity index (χ0) is 16.1. The van der Waals surface area contributed by atoms with Crippen LogP contribution in [-0.2, 0) is 9.53 Å². The van der Waals surface area contributed by atoms with Crippen molar-refractivity contribution in [1.29, 1.82) is 0 Å². The number of ether oxygens (including phenoxy) is 1. The summed E-state index contributed by atoms with van der Waals surface area (Å²) in [4.78, 5) is 11.1. The van der Waals surface area contributed by atoms with Gasteiger partial charge >= 0.3 is 12.1 Å². The Hall–Kier alpha value is -0.740. The minimum Gasteiger partial charge on any atom is -0.469 e. The maximum absolute atomic E-state index is 12.6. The van der Waals surface area contributed by atoms with Gasteiger partial charge in [0.15, 0.2) is 5.92 Å². The fraction of sp³-hybridized carbons (Fsp3) is 0.938. The molecule has 0 aliphatic carbocycles. The molecule has 0 bridgehead atoms. The van der Waals surface area contributed by atoms with Gasteiger partial charge in [0, 0.05) is 0 Å². The van der Waals surface area contributed by atoms with Crippen molar-refractivity contribution in [3.63, 3.8) is 0 Å². The summed E-state index contributed by atoms with van der Waals surface area (Å²) < 4.78 is 42.1. The van der Waals surface area contributed by atoms with Gasteiger partial charge in [-0.3, -0.25) is 4.79 Å². The Morgan fingerprint density at radius 1 is 0.905 bits per heavy atom. The van der Waals surface area contributed by atoms with Gasteiger partial charge in [0.2, 0.25) is 0 Å². The van der Waals surface area contributed by atoms with Crippen molar-refractivity contribution in [1.82, 2.24) is 0 Å². The summed E-state index contributed by atoms with van der Waals surface area (Å²) in [5.74, 6) is -3.13. The monoisotopic (exact) mass is 310 g/mol. The van der Waals surface area contributed by atoms with E-state index in [0.29, 0.717) is 6.42 Å². The minimum absolute atomic E-state index is 0.160. The summed E-state index contributed by atoms with van der Waals surface area (Å²) in [7, 11) is 1.000. The molecule has 5 heteroatoms. The smallest absolute Gasteiger partial charge is 0.402 e. The Labute approximate surface area is 126 Å². The third-order valence-corrected chi connectivity index (χ3v) is 3.73. The van der Waals surface area contributed by atoms with E-state index in [4.69, 9.17) is 0 Å². The molecule has 0 fully saturated rings. The van der Waals surface area contributed by atoms with E-state index in [1.54, 1.807) is 0 Å². The zero-order valence-electron chi connectivity index (χ0n) is 13.3. The van der Waals surface area contributed by atoms with Gasteiger partial charge in [-0.15, -0.1) is 0 Å². The molecule has 0 aliphatic rings. The maximum atomic E-state index is 12.6. The van der Waals surface area contributed by atoms with Crippen LogP contribution in [0.25, 0.3) is 0 Å². The van der Waals surface area contributed by atoms with Crippen LogP contribution >= 0.6 is 0 Å². The average molecular weight is 310 g/mol. The second-order valence-corrected chi connectivity index (χ2v) is 5.59. The highest BCUT2D eigenvalue weighted by molar-refractivity contribution is 5.73. The second-order valence-electron chi connectivity index (χ2n) is 5.59. The van der Waals surface area contributed by atoms with E-state index < -0.39 is 18.1 Å². The second kappa shape index (κ2) is 11.9. The van der Waals surface area contributed by atoms with Gasteiger partial charge < -0.3 is 4.74 Å². The fourth-order valence-corrected chi connectivity index (χ4v) is 2.39. The molecule has 0 heterocycles. The van der Waals surface area contributed by atoms with E-state index in [0.717, 1.165) is 32.8 Å². The number of hydrogen-bond donors (Lipinski definition) is 0. The molecular weight excluding hydrogens is 281 g/mol. The van der Waals surface area contributed by atoms with Gasteiger partial charge in [-0.25, -0.2) is 0 Å². The summed E-state index contributed by atoms with van der Waals surface area (Å²) >= 11 is 0. The van der Waals surface area contributed by atoms with E-state index >= 15 is 0 Å². The molecule has 1 unspecified atom stereocenters. The highest BCUT2D eigenvalue weighted by Crippen LogP contribution is 2.31. The van der Waals surface area contributed by atoms with E-state index in [2.05, 4.69) is 11.7 Å². The zero-order valence-corrected chi connectivity index (χ0v) is 13.3. The van der Waals surface area contributed by atoms with Gasteiger partial charge in [0.25, 0.3) is 0 Å². The third kappa shape index (κ3) is 10.6. The molecule has 0 amide bonds. The first kappa shape index (κ1) is 20.3. The van der Waals surface area contributed by atoms with Gasteiger partial charge in [-0.2, -0.15) is 13.2 Å². The molecule has 0 saturated carbocycles. The number of methoxy groups -OCH3 is 1. The van der Waals surface area contributed by atoms with Gasteiger partial charge in [-0.1, -0.05) is 71.1 Å². The summed E-state index contributed by atoms with van der Waals surface area (Å²) in [6.45, 7) is 2.18. The lowest BCUT2D eigenvalue weighted by molar-refractivity contribution is -0.197. The lowest BCUT2D eigenvalue weighted by Crippen LogP contribution is -2.31. The molecule has 1 atom stereocenters. The third-order valence-electron chi connectivity index (χ3n) is 3.73. The SMILES string of the molecule is CCCCCCCCCCCCC(C(=O)OC)C(F)(F)F. The van der Waals surface area contributed by atoms with Crippen molar-refractivity contribution in [3.05, 3.63) is 0 Å². The first-order chi connectivity index (χ1) is 9.93. The van der Waals surface area contributed by atoms with Crippen molar-refractivity contribution < 1.29 is 22.7 Å². The number of halogens is 3. The molecule has 0 N–H and O–H groups in total. The van der Waals surface area contributed by atoms with Crippen molar-refractivity contribution in [3.8, 4) is 0 Å². The number of alkyl halides is 3. The van der Waals surface area contributed by atoms with Crippen LogP contribution in [0.4, 0.5) is 13.2 Å². The van der Waals surface area contributed by atoms with E-state index in [-0.39, 0.29) is 6.42 Å². The van der Waals surface area contributed by atoms with Crippen LogP contribution in [0.2, 0.25) is 0 Å². The van der Waals surface area contributed by atoms with Crippen molar-refractivity contribution >= 4 is 5.97 Å². The van der Waals surface area contributed by atoms with Gasteiger partial charge in [0.05, 0.1) is 7.11 Å². The lowest BCUT2D eigenvalue weighted by atomic mass is 9.99. The predicted octanol–water partition coefficient (Wildman–Crippen LogP) is 5.65. The topological polar surface area (TPSA) is 26.3 Å². The Morgan fingerprint density at radius 3 is 1.71 bits per heavy atom. The quantitative estimate of drug-likeness (QED) is 0.344. The molecule has 2 nitrogen and oxygen atoms in total. The molecule has 0 aromatic heterocycles. The van der Waals surface area contributed by atoms with Crippen LogP contribution in [0.15, 0.2) is 0 Å². The molecule has 0 aromatic carbocycles. The van der Waals surface area contributed by atoms with Crippen LogP contribution in [-0.4, -0.2) is 19.3 Å². The van der Waals surface area contributed by atoms with Crippen LogP contribution in [0, 0.1) is 5.92 Å². The van der Waals surface area contributed by atoms with E-state index in [1.807, 2.05) is 0 Å². The van der Waals surface area contributed by atoms with Crippen LogP contribution < -0.4 is 0 Å². The number of esters is 1. The number of carbonyl (C=O) groups excluding carboxylic acids is 1. The van der Waals surface area contributed by atoms with E-state index in [9.17, 15) is 18.0 Å². The molecule has 0 saturated heterocycles. The normalized spacial score (nSPS) is 13.2. The Bertz CT molecular complexity index is 265. The van der Waals surface area contributed by atoms with Gasteiger partial charge in [-0.05, 0) is 6.42 Å². The Morgan fingerprint density at radius 2 is 1.33 bits per heavy atom. The highest BCUT2D eigenvalue weighted by atomic mass is 19.4. The summed E-state index contributed by atoms with van der Waals surface area (Å²) in [6.07, 6.45) is 5.96. The molecule has 126 valence electrons. The fourth-order valence-electron chi connectivity index (χ4n) is 2.39. The largest absolute Gasteiger partial charge is 0.469 e. The molecule has 21 heavy (non-hydrogen) atoms. The van der Waals surface area contributed by atoms with Crippen LogP contribution in [0.5, 0.6) is 0 Å². The van der Waals surface area contributed by atoms with Crippen LogP contribution in [0.1, 0.15) is 77.6 Å². The summed E-state index contributed by atoms with van der Waals surface area (Å²) in [5.41, 5.74) is 0. The standard InChI is InChI=1S/C16H29F3O2/c1-3-4-5-6-7-8-9-10-11-12-13-14(15(20)21-2)16(17,18)19/h14H,3-13H2,1-2H3. The number of rotatable bonds is 12. The Kier molecular flexibility index (Phi) is 11.5. The van der Waals surface area contributed by atoms with E-state index in [1.165, 1.54) is 32.1 Å². The first-order valence-corrected chi connectivity index (χ1v) is 8.08. The first-order valence-electron chi connectivity index (χ1n) is 8.08. The molecule has 0 spiro atoms. The highest BCUT2D eigenvalue weighted by Gasteiger charge is 2.44. The Balaban J connectivity index is 3.61. The predicted molar refractivity (Wildman–Crippen MR) is 78.0 cm³/mol. The van der Waals surface area contributed by atoms with Crippen molar-refractivity contribution in [2.45, 2.75) is 83.7 Å². The number of unbranched alkanes of at least 4 members (excludes halogenated alkanes) is 9. The molecule has 0 aromatic rings. The van der Waals surface area contributed by atoms with Crippen LogP contribution in [0.3, 0.4) is 0 Å². The molecule has 0 aliphatic heterocycles. The molecular formula is C16H29F3O2. The minimum atomic E-state index is -4.49. The molecule has 0 radical (unpaired) electrons.